The maximum atomic E-state index is 9.86. The Morgan fingerprint density at radius 3 is 2.63 bits per heavy atom. The molecule has 0 spiro atoms. The van der Waals surface area contributed by atoms with Gasteiger partial charge in [0.05, 0.1) is 11.0 Å². The standard InChI is InChI=1S/C16H24N2O/c1-3-4-5-6-9-12-18-15-11-8-7-10-14(15)17-16(18)13(2)19/h7-8,10-11,13,19H,3-6,9,12H2,1-2H3/t13-/m1/s1. The Bertz CT molecular complexity index is 516. The van der Waals surface area contributed by atoms with Crippen LogP contribution in [0.3, 0.4) is 0 Å². The molecular weight excluding hydrogens is 236 g/mol. The van der Waals surface area contributed by atoms with Gasteiger partial charge in [0.25, 0.3) is 0 Å². The van der Waals surface area contributed by atoms with Crippen LogP contribution in [0.2, 0.25) is 0 Å². The van der Waals surface area contributed by atoms with E-state index in [0.717, 1.165) is 29.8 Å². The number of hydrogen-bond donors (Lipinski definition) is 1. The molecule has 0 aliphatic rings. The second-order valence-corrected chi connectivity index (χ2v) is 5.20. The van der Waals surface area contributed by atoms with Gasteiger partial charge in [-0.05, 0) is 25.5 Å². The molecule has 1 atom stereocenters. The van der Waals surface area contributed by atoms with E-state index in [9.17, 15) is 5.11 Å². The zero-order valence-electron chi connectivity index (χ0n) is 12.0. The van der Waals surface area contributed by atoms with Crippen molar-refractivity contribution < 1.29 is 5.11 Å². The minimum atomic E-state index is -0.511. The lowest BCUT2D eigenvalue weighted by molar-refractivity contribution is 0.184. The first-order chi connectivity index (χ1) is 9.24. The Morgan fingerprint density at radius 2 is 1.89 bits per heavy atom. The predicted molar refractivity (Wildman–Crippen MR) is 79.1 cm³/mol. The fraction of sp³-hybridized carbons (Fsp3) is 0.562. The number of aryl methyl sites for hydroxylation is 1. The van der Waals surface area contributed by atoms with E-state index < -0.39 is 6.10 Å². The van der Waals surface area contributed by atoms with Crippen LogP contribution in [0.5, 0.6) is 0 Å². The Morgan fingerprint density at radius 1 is 1.16 bits per heavy atom. The maximum absolute atomic E-state index is 9.86. The van der Waals surface area contributed by atoms with Crippen molar-refractivity contribution in [2.75, 3.05) is 0 Å². The number of benzene rings is 1. The molecule has 104 valence electrons. The van der Waals surface area contributed by atoms with Crippen LogP contribution in [-0.4, -0.2) is 14.7 Å². The van der Waals surface area contributed by atoms with Crippen molar-refractivity contribution in [3.8, 4) is 0 Å². The molecular formula is C16H24N2O. The summed E-state index contributed by atoms with van der Waals surface area (Å²) in [7, 11) is 0. The second-order valence-electron chi connectivity index (χ2n) is 5.20. The number of aliphatic hydroxyl groups excluding tert-OH is 1. The van der Waals surface area contributed by atoms with Gasteiger partial charge in [0.15, 0.2) is 0 Å². The van der Waals surface area contributed by atoms with Crippen LogP contribution in [0.25, 0.3) is 11.0 Å². The highest BCUT2D eigenvalue weighted by atomic mass is 16.3. The fourth-order valence-electron chi connectivity index (χ4n) is 2.52. The number of aliphatic hydroxyl groups is 1. The van der Waals surface area contributed by atoms with Gasteiger partial charge in [0.1, 0.15) is 11.9 Å². The molecule has 0 radical (unpaired) electrons. The Balaban J connectivity index is 2.13. The van der Waals surface area contributed by atoms with Crippen molar-refractivity contribution >= 4 is 11.0 Å². The molecule has 1 N–H and O–H groups in total. The molecule has 2 rings (SSSR count). The first-order valence-electron chi connectivity index (χ1n) is 7.37. The highest BCUT2D eigenvalue weighted by Gasteiger charge is 2.13. The molecule has 0 saturated carbocycles. The molecule has 0 amide bonds. The maximum Gasteiger partial charge on any atom is 0.138 e. The van der Waals surface area contributed by atoms with Crippen LogP contribution in [0, 0.1) is 0 Å². The topological polar surface area (TPSA) is 38.0 Å². The predicted octanol–water partition coefficient (Wildman–Crippen LogP) is 4.06. The lowest BCUT2D eigenvalue weighted by Gasteiger charge is -2.10. The minimum Gasteiger partial charge on any atom is -0.385 e. The molecule has 0 bridgehead atoms. The number of unbranched alkanes of at least 4 members (excludes halogenated alkanes) is 4. The first kappa shape index (κ1) is 14.1. The number of hydrogen-bond acceptors (Lipinski definition) is 2. The third-order valence-corrected chi connectivity index (χ3v) is 3.54. The molecule has 1 heterocycles. The van der Waals surface area contributed by atoms with E-state index >= 15 is 0 Å². The summed E-state index contributed by atoms with van der Waals surface area (Å²) in [6.07, 6.45) is 5.77. The Kier molecular flexibility index (Phi) is 4.97. The van der Waals surface area contributed by atoms with E-state index in [1.165, 1.54) is 25.7 Å². The van der Waals surface area contributed by atoms with E-state index in [-0.39, 0.29) is 0 Å². The Labute approximate surface area is 115 Å². The molecule has 0 fully saturated rings. The lowest BCUT2D eigenvalue weighted by atomic mass is 10.1. The average Bonchev–Trinajstić information content (AvgIpc) is 2.78. The van der Waals surface area contributed by atoms with Crippen LogP contribution in [0.15, 0.2) is 24.3 Å². The molecule has 0 unspecified atom stereocenters. The van der Waals surface area contributed by atoms with Crippen LogP contribution < -0.4 is 0 Å². The van der Waals surface area contributed by atoms with E-state index in [0.29, 0.717) is 0 Å². The van der Waals surface area contributed by atoms with Crippen molar-refractivity contribution in [1.82, 2.24) is 9.55 Å². The smallest absolute Gasteiger partial charge is 0.138 e. The summed E-state index contributed by atoms with van der Waals surface area (Å²) in [6.45, 7) is 4.97. The van der Waals surface area contributed by atoms with Crippen LogP contribution in [-0.2, 0) is 6.54 Å². The van der Waals surface area contributed by atoms with E-state index in [4.69, 9.17) is 0 Å². The van der Waals surface area contributed by atoms with Gasteiger partial charge in [-0.25, -0.2) is 4.98 Å². The number of imidazole rings is 1. The molecule has 1 aromatic carbocycles. The van der Waals surface area contributed by atoms with Crippen molar-refractivity contribution in [2.45, 2.75) is 58.6 Å². The third kappa shape index (κ3) is 3.35. The third-order valence-electron chi connectivity index (χ3n) is 3.54. The van der Waals surface area contributed by atoms with Crippen molar-refractivity contribution in [1.29, 1.82) is 0 Å². The average molecular weight is 260 g/mol. The van der Waals surface area contributed by atoms with E-state index in [2.05, 4.69) is 22.5 Å². The number of para-hydroxylation sites is 2. The minimum absolute atomic E-state index is 0.511. The van der Waals surface area contributed by atoms with Crippen molar-refractivity contribution in [3.63, 3.8) is 0 Å². The second kappa shape index (κ2) is 6.71. The highest BCUT2D eigenvalue weighted by molar-refractivity contribution is 5.75. The van der Waals surface area contributed by atoms with Gasteiger partial charge >= 0.3 is 0 Å². The summed E-state index contributed by atoms with van der Waals surface area (Å²) in [4.78, 5) is 4.54. The number of nitrogens with zero attached hydrogens (tertiary/aromatic N) is 2. The highest BCUT2D eigenvalue weighted by Crippen LogP contribution is 2.21. The van der Waals surface area contributed by atoms with Gasteiger partial charge in [0.2, 0.25) is 0 Å². The molecule has 3 nitrogen and oxygen atoms in total. The van der Waals surface area contributed by atoms with Crippen LogP contribution in [0.1, 0.15) is 57.9 Å². The van der Waals surface area contributed by atoms with Gasteiger partial charge < -0.3 is 9.67 Å². The largest absolute Gasteiger partial charge is 0.385 e. The molecule has 1 aromatic heterocycles. The summed E-state index contributed by atoms with van der Waals surface area (Å²) in [5.41, 5.74) is 2.11. The van der Waals surface area contributed by atoms with E-state index in [1.54, 1.807) is 6.92 Å². The monoisotopic (exact) mass is 260 g/mol. The van der Waals surface area contributed by atoms with Gasteiger partial charge in [-0.15, -0.1) is 0 Å². The van der Waals surface area contributed by atoms with Crippen LogP contribution in [0.4, 0.5) is 0 Å². The van der Waals surface area contributed by atoms with Crippen molar-refractivity contribution in [3.05, 3.63) is 30.1 Å². The number of rotatable bonds is 7. The normalized spacial score (nSPS) is 13.0. The summed E-state index contributed by atoms with van der Waals surface area (Å²) >= 11 is 0. The summed E-state index contributed by atoms with van der Waals surface area (Å²) < 4.78 is 2.17. The fourth-order valence-corrected chi connectivity index (χ4v) is 2.52. The molecule has 19 heavy (non-hydrogen) atoms. The van der Waals surface area contributed by atoms with E-state index in [1.807, 2.05) is 18.2 Å². The number of aromatic nitrogens is 2. The van der Waals surface area contributed by atoms with Crippen LogP contribution >= 0.6 is 0 Å². The van der Waals surface area contributed by atoms with Gasteiger partial charge in [-0.2, -0.15) is 0 Å². The van der Waals surface area contributed by atoms with Gasteiger partial charge in [-0.3, -0.25) is 0 Å². The van der Waals surface area contributed by atoms with Gasteiger partial charge in [0, 0.05) is 6.54 Å². The Hall–Kier alpha value is -1.35. The zero-order valence-corrected chi connectivity index (χ0v) is 12.0. The van der Waals surface area contributed by atoms with Crippen molar-refractivity contribution in [2.24, 2.45) is 0 Å². The molecule has 3 heteroatoms. The molecule has 2 aromatic rings. The SMILES string of the molecule is CCCCCCCn1c([C@@H](C)O)nc2ccccc21. The van der Waals surface area contributed by atoms with Gasteiger partial charge in [-0.1, -0.05) is 44.7 Å². The lowest BCUT2D eigenvalue weighted by Crippen LogP contribution is -2.07. The summed E-state index contributed by atoms with van der Waals surface area (Å²) in [6, 6.07) is 8.12. The molecule has 0 aliphatic carbocycles. The quantitative estimate of drug-likeness (QED) is 0.762. The summed E-state index contributed by atoms with van der Waals surface area (Å²) in [5, 5.41) is 9.86. The number of fused-ring (bicyclic) bond motifs is 1. The molecule has 0 aliphatic heterocycles. The molecule has 0 saturated heterocycles. The summed E-state index contributed by atoms with van der Waals surface area (Å²) in [5.74, 6) is 0.789. The first-order valence-corrected chi connectivity index (χ1v) is 7.37. The zero-order chi connectivity index (χ0) is 13.7.